The summed E-state index contributed by atoms with van der Waals surface area (Å²) in [6.45, 7) is 2.15. The van der Waals surface area contributed by atoms with Crippen molar-refractivity contribution in [3.63, 3.8) is 0 Å². The normalized spacial score (nSPS) is 14.2. The fourth-order valence-corrected chi connectivity index (χ4v) is 2.50. The number of halogens is 1. The Kier molecular flexibility index (Phi) is 4.52. The Morgan fingerprint density at radius 1 is 1.21 bits per heavy atom. The molecule has 122 valence electrons. The predicted octanol–water partition coefficient (Wildman–Crippen LogP) is 1.84. The van der Waals surface area contributed by atoms with Crippen molar-refractivity contribution < 1.29 is 9.18 Å². The Bertz CT molecular complexity index is 765. The quantitative estimate of drug-likeness (QED) is 0.910. The van der Waals surface area contributed by atoms with E-state index in [2.05, 4.69) is 21.4 Å². The summed E-state index contributed by atoms with van der Waals surface area (Å²) in [5.74, 6) is 0.492. The summed E-state index contributed by atoms with van der Waals surface area (Å²) in [6, 6.07) is 7.95. The summed E-state index contributed by atoms with van der Waals surface area (Å²) in [6.07, 6.45) is 2.70. The number of rotatable bonds is 2. The molecule has 0 saturated carbocycles. The van der Waals surface area contributed by atoms with E-state index in [0.29, 0.717) is 43.4 Å². The van der Waals surface area contributed by atoms with Crippen molar-refractivity contribution >= 4 is 17.7 Å². The van der Waals surface area contributed by atoms with Crippen molar-refractivity contribution in [3.05, 3.63) is 48.0 Å². The average molecular weight is 326 g/mol. The van der Waals surface area contributed by atoms with Crippen molar-refractivity contribution in [2.75, 3.05) is 36.4 Å². The molecule has 2 aromatic heterocycles. The first kappa shape index (κ1) is 15.7. The predicted molar refractivity (Wildman–Crippen MR) is 86.0 cm³/mol. The molecule has 0 aromatic carbocycles. The number of carbonyl (C=O) groups is 1. The SMILES string of the molecule is N#Cc1cccnc1N1CCN(C(=O)Nc2ccc(F)cn2)CC1. The van der Waals surface area contributed by atoms with Crippen LogP contribution in [0.25, 0.3) is 0 Å². The van der Waals surface area contributed by atoms with Gasteiger partial charge in [0.05, 0.1) is 11.8 Å². The molecule has 0 spiro atoms. The van der Waals surface area contributed by atoms with Gasteiger partial charge in [-0.2, -0.15) is 5.26 Å². The van der Waals surface area contributed by atoms with Crippen LogP contribution < -0.4 is 10.2 Å². The third-order valence-electron chi connectivity index (χ3n) is 3.74. The van der Waals surface area contributed by atoms with Gasteiger partial charge < -0.3 is 9.80 Å². The monoisotopic (exact) mass is 326 g/mol. The highest BCUT2D eigenvalue weighted by atomic mass is 19.1. The first-order chi connectivity index (χ1) is 11.7. The van der Waals surface area contributed by atoms with Crippen LogP contribution >= 0.6 is 0 Å². The van der Waals surface area contributed by atoms with Gasteiger partial charge in [-0.05, 0) is 24.3 Å². The first-order valence-electron chi connectivity index (χ1n) is 7.45. The summed E-state index contributed by atoms with van der Waals surface area (Å²) in [4.78, 5) is 23.9. The number of nitrogens with zero attached hydrogens (tertiary/aromatic N) is 5. The molecule has 8 heteroatoms. The number of pyridine rings is 2. The van der Waals surface area contributed by atoms with E-state index < -0.39 is 5.82 Å². The van der Waals surface area contributed by atoms with E-state index in [1.807, 2.05) is 4.90 Å². The number of piperazine rings is 1. The number of hydrogen-bond acceptors (Lipinski definition) is 5. The number of nitriles is 1. The number of anilines is 2. The van der Waals surface area contributed by atoms with Crippen molar-refractivity contribution in [2.45, 2.75) is 0 Å². The zero-order valence-corrected chi connectivity index (χ0v) is 12.8. The van der Waals surface area contributed by atoms with Gasteiger partial charge in [-0.3, -0.25) is 5.32 Å². The van der Waals surface area contributed by atoms with Crippen molar-refractivity contribution in [1.29, 1.82) is 5.26 Å². The van der Waals surface area contributed by atoms with Crippen LogP contribution in [0.5, 0.6) is 0 Å². The molecule has 1 fully saturated rings. The van der Waals surface area contributed by atoms with E-state index in [0.717, 1.165) is 6.20 Å². The molecule has 1 aliphatic rings. The molecule has 2 amide bonds. The molecule has 0 atom stereocenters. The lowest BCUT2D eigenvalue weighted by Gasteiger charge is -2.35. The Balaban J connectivity index is 1.59. The second kappa shape index (κ2) is 6.91. The number of nitrogens with one attached hydrogen (secondary N) is 1. The Morgan fingerprint density at radius 3 is 2.67 bits per heavy atom. The summed E-state index contributed by atoms with van der Waals surface area (Å²) < 4.78 is 12.8. The molecule has 0 radical (unpaired) electrons. The van der Waals surface area contributed by atoms with Crippen molar-refractivity contribution in [1.82, 2.24) is 14.9 Å². The van der Waals surface area contributed by atoms with Gasteiger partial charge in [0.1, 0.15) is 23.5 Å². The maximum atomic E-state index is 12.8. The minimum absolute atomic E-state index is 0.282. The molecule has 0 aliphatic carbocycles. The third kappa shape index (κ3) is 3.41. The molecule has 24 heavy (non-hydrogen) atoms. The van der Waals surface area contributed by atoms with Crippen LogP contribution in [-0.4, -0.2) is 47.1 Å². The van der Waals surface area contributed by atoms with E-state index >= 15 is 0 Å². The fourth-order valence-electron chi connectivity index (χ4n) is 2.50. The molecule has 0 unspecified atom stereocenters. The lowest BCUT2D eigenvalue weighted by molar-refractivity contribution is 0.208. The van der Waals surface area contributed by atoms with E-state index in [-0.39, 0.29) is 6.03 Å². The molecule has 1 aliphatic heterocycles. The van der Waals surface area contributed by atoms with Crippen LogP contribution in [-0.2, 0) is 0 Å². The van der Waals surface area contributed by atoms with Gasteiger partial charge in [-0.1, -0.05) is 0 Å². The van der Waals surface area contributed by atoms with Gasteiger partial charge in [0.25, 0.3) is 0 Å². The number of hydrogen-bond donors (Lipinski definition) is 1. The smallest absolute Gasteiger partial charge is 0.323 e. The lowest BCUT2D eigenvalue weighted by atomic mass is 10.2. The molecule has 7 nitrogen and oxygen atoms in total. The van der Waals surface area contributed by atoms with Crippen LogP contribution in [0.4, 0.5) is 20.8 Å². The molecular formula is C16H15FN6O. The zero-order valence-electron chi connectivity index (χ0n) is 12.8. The second-order valence-electron chi connectivity index (χ2n) is 5.25. The molecule has 3 rings (SSSR count). The highest BCUT2D eigenvalue weighted by Gasteiger charge is 2.23. The van der Waals surface area contributed by atoms with Gasteiger partial charge in [-0.15, -0.1) is 0 Å². The van der Waals surface area contributed by atoms with Gasteiger partial charge in [0.15, 0.2) is 0 Å². The first-order valence-corrected chi connectivity index (χ1v) is 7.45. The van der Waals surface area contributed by atoms with E-state index in [1.165, 1.54) is 12.1 Å². The lowest BCUT2D eigenvalue weighted by Crippen LogP contribution is -2.50. The van der Waals surface area contributed by atoms with Gasteiger partial charge >= 0.3 is 6.03 Å². The van der Waals surface area contributed by atoms with Crippen molar-refractivity contribution in [2.24, 2.45) is 0 Å². The highest BCUT2D eigenvalue weighted by molar-refractivity contribution is 5.88. The van der Waals surface area contributed by atoms with Crippen LogP contribution in [0, 0.1) is 17.1 Å². The highest BCUT2D eigenvalue weighted by Crippen LogP contribution is 2.18. The number of urea groups is 1. The second-order valence-corrected chi connectivity index (χ2v) is 5.25. The Labute approximate surface area is 138 Å². The van der Waals surface area contributed by atoms with Crippen LogP contribution in [0.3, 0.4) is 0 Å². The van der Waals surface area contributed by atoms with Crippen LogP contribution in [0.1, 0.15) is 5.56 Å². The van der Waals surface area contributed by atoms with Crippen LogP contribution in [0.2, 0.25) is 0 Å². The standard InChI is InChI=1S/C16H15FN6O/c17-13-3-4-14(20-11-13)21-16(24)23-8-6-22(7-9-23)15-12(10-18)2-1-5-19-15/h1-5,11H,6-9H2,(H,20,21,24). The third-order valence-corrected chi connectivity index (χ3v) is 3.74. The summed E-state index contributed by atoms with van der Waals surface area (Å²) in [5.41, 5.74) is 0.519. The summed E-state index contributed by atoms with van der Waals surface area (Å²) in [7, 11) is 0. The molecule has 1 saturated heterocycles. The minimum atomic E-state index is -0.453. The molecule has 0 bridgehead atoms. The molecular weight excluding hydrogens is 311 g/mol. The topological polar surface area (TPSA) is 85.2 Å². The summed E-state index contributed by atoms with van der Waals surface area (Å²) in [5, 5.41) is 11.8. The summed E-state index contributed by atoms with van der Waals surface area (Å²) >= 11 is 0. The molecule has 2 aromatic rings. The molecule has 3 heterocycles. The number of aromatic nitrogens is 2. The Morgan fingerprint density at radius 2 is 2.00 bits per heavy atom. The minimum Gasteiger partial charge on any atom is -0.352 e. The maximum Gasteiger partial charge on any atom is 0.323 e. The number of carbonyl (C=O) groups excluding carboxylic acids is 1. The van der Waals surface area contributed by atoms with Gasteiger partial charge in [-0.25, -0.2) is 19.2 Å². The maximum absolute atomic E-state index is 12.8. The van der Waals surface area contributed by atoms with E-state index in [4.69, 9.17) is 5.26 Å². The van der Waals surface area contributed by atoms with Gasteiger partial charge in [0.2, 0.25) is 0 Å². The largest absolute Gasteiger partial charge is 0.352 e. The van der Waals surface area contributed by atoms with Gasteiger partial charge in [0, 0.05) is 32.4 Å². The van der Waals surface area contributed by atoms with Crippen molar-refractivity contribution in [3.8, 4) is 6.07 Å². The van der Waals surface area contributed by atoms with E-state index in [9.17, 15) is 9.18 Å². The fraction of sp³-hybridized carbons (Fsp3) is 0.250. The average Bonchev–Trinajstić information content (AvgIpc) is 2.63. The van der Waals surface area contributed by atoms with E-state index in [1.54, 1.807) is 23.2 Å². The number of amides is 2. The Hall–Kier alpha value is -3.21. The molecule has 1 N–H and O–H groups in total. The van der Waals surface area contributed by atoms with Crippen LogP contribution in [0.15, 0.2) is 36.7 Å². The zero-order chi connectivity index (χ0) is 16.9.